The largest absolute Gasteiger partial charge is 0.457 e. The first-order valence-corrected chi connectivity index (χ1v) is 11.2. The predicted molar refractivity (Wildman–Crippen MR) is 124 cm³/mol. The van der Waals surface area contributed by atoms with E-state index >= 15 is 0 Å². The maximum absolute atomic E-state index is 11.8. The summed E-state index contributed by atoms with van der Waals surface area (Å²) in [5.74, 6) is -1.58. The molecule has 0 atom stereocenters. The molecule has 0 radical (unpaired) electrons. The van der Waals surface area contributed by atoms with E-state index in [2.05, 4.69) is 0 Å². The van der Waals surface area contributed by atoms with Gasteiger partial charge in [-0.2, -0.15) is 0 Å². The van der Waals surface area contributed by atoms with Crippen LogP contribution >= 0.6 is 0 Å². The molecule has 1 rings (SSSR count). The lowest BCUT2D eigenvalue weighted by Gasteiger charge is -2.24. The van der Waals surface area contributed by atoms with Gasteiger partial charge in [0.15, 0.2) is 0 Å². The number of esters is 1. The van der Waals surface area contributed by atoms with Crippen LogP contribution in [0.15, 0.2) is 30.3 Å². The topological polar surface area (TPSA) is 110 Å². The minimum absolute atomic E-state index is 0.00587. The van der Waals surface area contributed by atoms with Gasteiger partial charge in [-0.15, -0.1) is 0 Å². The Morgan fingerprint density at radius 2 is 1.21 bits per heavy atom. The highest BCUT2D eigenvalue weighted by molar-refractivity contribution is 6.40. The van der Waals surface area contributed by atoms with Crippen molar-refractivity contribution in [2.75, 3.05) is 73.1 Å². The van der Waals surface area contributed by atoms with Crippen LogP contribution in [-0.4, -0.2) is 101 Å². The van der Waals surface area contributed by atoms with Crippen molar-refractivity contribution in [1.29, 1.82) is 0 Å². The van der Waals surface area contributed by atoms with Gasteiger partial charge in [0.2, 0.25) is 0 Å². The molecule has 1 amide bonds. The Bertz CT molecular complexity index is 719. The van der Waals surface area contributed by atoms with E-state index in [0.717, 1.165) is 0 Å². The van der Waals surface area contributed by atoms with Crippen LogP contribution in [0.5, 0.6) is 0 Å². The second-order valence-corrected chi connectivity index (χ2v) is 8.18. The number of benzene rings is 1. The van der Waals surface area contributed by atoms with Crippen molar-refractivity contribution < 1.29 is 42.8 Å². The Kier molecular flexibility index (Phi) is 14.7. The van der Waals surface area contributed by atoms with Crippen LogP contribution in [0.1, 0.15) is 31.1 Å². The highest BCUT2D eigenvalue weighted by atomic mass is 16.6. The van der Waals surface area contributed by atoms with Gasteiger partial charge >= 0.3 is 12.1 Å². The number of carbonyl (C=O) groups excluding carboxylic acids is 3. The van der Waals surface area contributed by atoms with E-state index in [1.54, 1.807) is 37.4 Å². The first-order chi connectivity index (χ1) is 16.2. The maximum atomic E-state index is 11.8. The van der Waals surface area contributed by atoms with Gasteiger partial charge in [0.1, 0.15) is 12.2 Å². The number of ether oxygens (including phenoxy) is 6. The molecular formula is C24H37NO9. The Morgan fingerprint density at radius 1 is 0.735 bits per heavy atom. The lowest BCUT2D eigenvalue weighted by atomic mass is 10.1. The molecule has 0 saturated carbocycles. The number of amides is 1. The number of likely N-dealkylation sites (N-methyl/N-ethyl adjacent to an activating group) is 1. The zero-order valence-corrected chi connectivity index (χ0v) is 20.6. The van der Waals surface area contributed by atoms with E-state index in [0.29, 0.717) is 58.4 Å². The summed E-state index contributed by atoms with van der Waals surface area (Å²) in [6, 6.07) is 8.23. The van der Waals surface area contributed by atoms with Crippen molar-refractivity contribution in [2.45, 2.75) is 26.4 Å². The lowest BCUT2D eigenvalue weighted by Crippen LogP contribution is -2.36. The fourth-order valence-electron chi connectivity index (χ4n) is 2.36. The zero-order chi connectivity index (χ0) is 25.2. The van der Waals surface area contributed by atoms with Gasteiger partial charge in [-0.1, -0.05) is 30.3 Å². The lowest BCUT2D eigenvalue weighted by molar-refractivity contribution is -0.139. The van der Waals surface area contributed by atoms with Crippen LogP contribution in [-0.2, 0) is 33.2 Å². The molecule has 34 heavy (non-hydrogen) atoms. The van der Waals surface area contributed by atoms with Crippen molar-refractivity contribution >= 4 is 17.8 Å². The number of ketones is 1. The normalized spacial score (nSPS) is 11.2. The van der Waals surface area contributed by atoms with Gasteiger partial charge in [-0.3, -0.25) is 4.79 Å². The predicted octanol–water partition coefficient (Wildman–Crippen LogP) is 2.35. The molecule has 0 aliphatic rings. The van der Waals surface area contributed by atoms with Crippen molar-refractivity contribution in [1.82, 2.24) is 4.90 Å². The average Bonchev–Trinajstić information content (AvgIpc) is 2.80. The van der Waals surface area contributed by atoms with Crippen LogP contribution < -0.4 is 0 Å². The molecule has 10 heteroatoms. The molecule has 0 bridgehead atoms. The van der Waals surface area contributed by atoms with Crippen molar-refractivity contribution in [3.05, 3.63) is 35.9 Å². The Hall–Kier alpha value is -2.53. The van der Waals surface area contributed by atoms with E-state index in [4.69, 9.17) is 28.4 Å². The van der Waals surface area contributed by atoms with Crippen LogP contribution in [0, 0.1) is 0 Å². The van der Waals surface area contributed by atoms with Gasteiger partial charge in [0.05, 0.1) is 52.9 Å². The van der Waals surface area contributed by atoms with Gasteiger partial charge in [-0.25, -0.2) is 9.59 Å². The molecule has 0 aromatic heterocycles. The molecule has 10 nitrogen and oxygen atoms in total. The molecule has 0 aliphatic heterocycles. The fraction of sp³-hybridized carbons (Fsp3) is 0.625. The molecule has 1 aromatic carbocycles. The molecule has 0 aliphatic carbocycles. The summed E-state index contributed by atoms with van der Waals surface area (Å²) in [6.45, 7) is 8.81. The van der Waals surface area contributed by atoms with Crippen LogP contribution in [0.2, 0.25) is 0 Å². The summed E-state index contributed by atoms with van der Waals surface area (Å²) in [4.78, 5) is 36.8. The third-order valence-corrected chi connectivity index (χ3v) is 4.07. The molecular weight excluding hydrogens is 446 g/mol. The standard InChI is InChI=1S/C24H37NO9/c1-24(2,3)34-23(28)25(4)10-11-29-12-13-30-14-15-31-16-17-32-18-19-33-22(27)21(26)20-8-6-5-7-9-20/h5-9H,10-19H2,1-4H3. The summed E-state index contributed by atoms with van der Waals surface area (Å²) in [7, 11) is 1.66. The summed E-state index contributed by atoms with van der Waals surface area (Å²) < 4.78 is 31.6. The Balaban J connectivity index is 1.86. The molecule has 0 unspecified atom stereocenters. The summed E-state index contributed by atoms with van der Waals surface area (Å²) in [5.41, 5.74) is -0.228. The van der Waals surface area contributed by atoms with Crippen LogP contribution in [0.25, 0.3) is 0 Å². The van der Waals surface area contributed by atoms with E-state index < -0.39 is 17.4 Å². The SMILES string of the molecule is CN(CCOCCOCCOCCOCCOC(=O)C(=O)c1ccccc1)C(=O)OC(C)(C)C. The summed E-state index contributed by atoms with van der Waals surface area (Å²) >= 11 is 0. The van der Waals surface area contributed by atoms with Crippen molar-refractivity contribution in [3.63, 3.8) is 0 Å². The van der Waals surface area contributed by atoms with E-state index in [1.165, 1.54) is 4.90 Å². The second-order valence-electron chi connectivity index (χ2n) is 8.18. The third kappa shape index (κ3) is 14.6. The monoisotopic (exact) mass is 483 g/mol. The molecule has 0 heterocycles. The summed E-state index contributed by atoms with van der Waals surface area (Å²) in [6.07, 6.45) is -0.382. The Labute approximate surface area is 201 Å². The molecule has 1 aromatic rings. The molecule has 0 saturated heterocycles. The minimum atomic E-state index is -0.901. The number of nitrogens with zero attached hydrogens (tertiary/aromatic N) is 1. The van der Waals surface area contributed by atoms with Gasteiger partial charge in [-0.05, 0) is 20.8 Å². The number of hydrogen-bond donors (Lipinski definition) is 0. The van der Waals surface area contributed by atoms with Crippen molar-refractivity contribution in [3.8, 4) is 0 Å². The fourth-order valence-corrected chi connectivity index (χ4v) is 2.36. The number of hydrogen-bond acceptors (Lipinski definition) is 9. The van der Waals surface area contributed by atoms with Crippen LogP contribution in [0.3, 0.4) is 0 Å². The Morgan fingerprint density at radius 3 is 1.71 bits per heavy atom. The number of carbonyl (C=O) groups is 3. The van der Waals surface area contributed by atoms with Crippen molar-refractivity contribution in [2.24, 2.45) is 0 Å². The zero-order valence-electron chi connectivity index (χ0n) is 20.6. The van der Waals surface area contributed by atoms with Crippen LogP contribution in [0.4, 0.5) is 4.79 Å². The molecule has 0 spiro atoms. The second kappa shape index (κ2) is 17.0. The molecule has 192 valence electrons. The number of Topliss-reactive ketones (excluding diaryl/α,β-unsaturated/α-hetero) is 1. The van der Waals surface area contributed by atoms with E-state index in [-0.39, 0.29) is 19.3 Å². The summed E-state index contributed by atoms with van der Waals surface area (Å²) in [5, 5.41) is 0. The number of rotatable bonds is 17. The highest BCUT2D eigenvalue weighted by Crippen LogP contribution is 2.08. The minimum Gasteiger partial charge on any atom is -0.457 e. The first kappa shape index (κ1) is 29.5. The van der Waals surface area contributed by atoms with Gasteiger partial charge in [0, 0.05) is 19.2 Å². The average molecular weight is 484 g/mol. The molecule has 0 N–H and O–H groups in total. The highest BCUT2D eigenvalue weighted by Gasteiger charge is 2.19. The molecule has 0 fully saturated rings. The van der Waals surface area contributed by atoms with E-state index in [9.17, 15) is 14.4 Å². The third-order valence-electron chi connectivity index (χ3n) is 4.07. The quantitative estimate of drug-likeness (QED) is 0.143. The van der Waals surface area contributed by atoms with Gasteiger partial charge in [0.25, 0.3) is 5.78 Å². The van der Waals surface area contributed by atoms with Gasteiger partial charge < -0.3 is 33.3 Å². The maximum Gasteiger partial charge on any atom is 0.410 e. The smallest absolute Gasteiger partial charge is 0.410 e. The van der Waals surface area contributed by atoms with E-state index in [1.807, 2.05) is 20.8 Å². The first-order valence-electron chi connectivity index (χ1n) is 11.2.